The van der Waals surface area contributed by atoms with Gasteiger partial charge in [-0.25, -0.2) is 5.48 Å². The van der Waals surface area contributed by atoms with Crippen LogP contribution >= 0.6 is 0 Å². The van der Waals surface area contributed by atoms with Gasteiger partial charge in [0.25, 0.3) is 11.8 Å². The molecule has 9 heteroatoms. The number of hydrogen-bond acceptors (Lipinski definition) is 6. The van der Waals surface area contributed by atoms with Crippen LogP contribution in [0.2, 0.25) is 0 Å². The number of aliphatic hydroxyl groups is 1. The Bertz CT molecular complexity index is 1280. The van der Waals surface area contributed by atoms with Crippen LogP contribution in [0.4, 0.5) is 5.69 Å². The number of nitrogens with one attached hydrogen (secondary N) is 4. The van der Waals surface area contributed by atoms with Gasteiger partial charge in [0.2, 0.25) is 5.91 Å². The highest BCUT2D eigenvalue weighted by molar-refractivity contribution is 5.97. The van der Waals surface area contributed by atoms with Crippen LogP contribution in [0.3, 0.4) is 0 Å². The standard InChI is InChI=1S/C31H38N4O5/c1-19(36)28(30(39)35-40)34-29(38)22-10-6-20(7-11-22)4-5-21-8-13-25(14-9-21)33-27(37)18-32-17-23-16-24-12-15-26(23)31(24,2)3/h6-11,13-14,19,23-24,26,28,32,36,40H,12,15-18H2,1-3H3,(H,33,37)(H,34,38)(H,35,39)/t19-,23+,24?,26+,28+/m1/s1. The molecule has 40 heavy (non-hydrogen) atoms. The number of hydroxylamine groups is 1. The molecule has 2 fully saturated rings. The monoisotopic (exact) mass is 546 g/mol. The van der Waals surface area contributed by atoms with E-state index in [1.807, 2.05) is 24.3 Å². The average molecular weight is 547 g/mol. The minimum absolute atomic E-state index is 0.0675. The molecule has 2 aromatic rings. The van der Waals surface area contributed by atoms with E-state index in [4.69, 9.17) is 5.21 Å². The second kappa shape index (κ2) is 12.6. The van der Waals surface area contributed by atoms with E-state index >= 15 is 0 Å². The number of carbonyl (C=O) groups excluding carboxylic acids is 3. The lowest BCUT2D eigenvalue weighted by Gasteiger charge is -2.26. The van der Waals surface area contributed by atoms with E-state index in [-0.39, 0.29) is 18.0 Å². The number of hydrogen-bond donors (Lipinski definition) is 6. The van der Waals surface area contributed by atoms with Gasteiger partial charge < -0.3 is 21.1 Å². The van der Waals surface area contributed by atoms with Gasteiger partial charge in [0.15, 0.2) is 0 Å². The van der Waals surface area contributed by atoms with Crippen LogP contribution in [0.5, 0.6) is 0 Å². The van der Waals surface area contributed by atoms with Crippen LogP contribution in [0.15, 0.2) is 48.5 Å². The third kappa shape index (κ3) is 6.89. The van der Waals surface area contributed by atoms with Gasteiger partial charge in [0, 0.05) is 22.4 Å². The Kier molecular flexibility index (Phi) is 9.25. The zero-order valence-corrected chi connectivity index (χ0v) is 23.2. The molecule has 0 saturated heterocycles. The molecule has 0 aliphatic heterocycles. The summed E-state index contributed by atoms with van der Waals surface area (Å²) < 4.78 is 0. The van der Waals surface area contributed by atoms with Crippen LogP contribution in [0, 0.1) is 35.0 Å². The van der Waals surface area contributed by atoms with Crippen LogP contribution in [-0.4, -0.2) is 53.3 Å². The van der Waals surface area contributed by atoms with Crippen molar-refractivity contribution in [2.45, 2.75) is 52.2 Å². The van der Waals surface area contributed by atoms with Crippen LogP contribution in [-0.2, 0) is 9.59 Å². The quantitative estimate of drug-likeness (QED) is 0.162. The zero-order chi connectivity index (χ0) is 28.9. The highest BCUT2D eigenvalue weighted by Crippen LogP contribution is 2.59. The summed E-state index contributed by atoms with van der Waals surface area (Å²) in [7, 11) is 0. The second-order valence-corrected chi connectivity index (χ2v) is 11.4. The number of fused-ring (bicyclic) bond motifs is 2. The highest BCUT2D eigenvalue weighted by Gasteiger charge is 2.52. The average Bonchev–Trinajstić information content (AvgIpc) is 3.36. The molecule has 2 aliphatic rings. The minimum atomic E-state index is -1.29. The summed E-state index contributed by atoms with van der Waals surface area (Å²) in [6.45, 7) is 7.30. The zero-order valence-electron chi connectivity index (χ0n) is 23.2. The summed E-state index contributed by atoms with van der Waals surface area (Å²) in [5.41, 5.74) is 4.29. The van der Waals surface area contributed by atoms with Gasteiger partial charge >= 0.3 is 0 Å². The lowest BCUT2D eigenvalue weighted by atomic mass is 9.80. The van der Waals surface area contributed by atoms with E-state index in [0.717, 1.165) is 23.9 Å². The topological polar surface area (TPSA) is 140 Å². The third-order valence-electron chi connectivity index (χ3n) is 8.51. The number of anilines is 1. The second-order valence-electron chi connectivity index (χ2n) is 11.4. The first-order valence-electron chi connectivity index (χ1n) is 13.7. The number of rotatable bonds is 9. The highest BCUT2D eigenvalue weighted by atomic mass is 16.5. The first-order chi connectivity index (χ1) is 19.1. The van der Waals surface area contributed by atoms with E-state index in [1.54, 1.807) is 24.3 Å². The SMILES string of the molecule is C[C@@H](O)[C@H](NC(=O)c1ccc(C#Cc2ccc(NC(=O)CNC[C@@H]3CC4CC[C@@H]3C4(C)C)cc2)cc1)C(=O)NO. The Morgan fingerprint density at radius 3 is 2.15 bits per heavy atom. The van der Waals surface area contributed by atoms with E-state index in [0.29, 0.717) is 22.6 Å². The summed E-state index contributed by atoms with van der Waals surface area (Å²) in [5.74, 6) is 6.78. The van der Waals surface area contributed by atoms with Crippen molar-refractivity contribution in [1.82, 2.24) is 16.1 Å². The van der Waals surface area contributed by atoms with Crippen molar-refractivity contribution in [2.24, 2.45) is 23.2 Å². The van der Waals surface area contributed by atoms with Gasteiger partial charge in [-0.3, -0.25) is 19.6 Å². The van der Waals surface area contributed by atoms with Gasteiger partial charge in [-0.1, -0.05) is 25.7 Å². The van der Waals surface area contributed by atoms with Gasteiger partial charge in [-0.2, -0.15) is 0 Å². The normalized spacial score (nSPS) is 22.0. The molecule has 2 saturated carbocycles. The van der Waals surface area contributed by atoms with Gasteiger partial charge in [-0.05, 0) is 104 Å². The third-order valence-corrected chi connectivity index (χ3v) is 8.51. The fourth-order valence-electron chi connectivity index (χ4n) is 6.21. The van der Waals surface area contributed by atoms with Crippen molar-refractivity contribution in [2.75, 3.05) is 18.4 Å². The smallest absolute Gasteiger partial charge is 0.268 e. The molecule has 0 aromatic heterocycles. The van der Waals surface area contributed by atoms with Crippen LogP contribution < -0.4 is 21.4 Å². The van der Waals surface area contributed by atoms with E-state index < -0.39 is 24.0 Å². The van der Waals surface area contributed by atoms with Gasteiger partial charge in [0.1, 0.15) is 6.04 Å². The Morgan fingerprint density at radius 1 is 1.00 bits per heavy atom. The molecule has 6 N–H and O–H groups in total. The molecule has 212 valence electrons. The predicted octanol–water partition coefficient (Wildman–Crippen LogP) is 2.67. The number of carbonyl (C=O) groups is 3. The fraction of sp³-hybridized carbons (Fsp3) is 0.452. The van der Waals surface area contributed by atoms with Crippen molar-refractivity contribution in [3.63, 3.8) is 0 Å². The molecule has 0 spiro atoms. The summed E-state index contributed by atoms with van der Waals surface area (Å²) >= 11 is 0. The summed E-state index contributed by atoms with van der Waals surface area (Å²) in [4.78, 5) is 36.4. The van der Waals surface area contributed by atoms with Gasteiger partial charge in [-0.15, -0.1) is 0 Å². The van der Waals surface area contributed by atoms with Crippen molar-refractivity contribution >= 4 is 23.4 Å². The Morgan fingerprint density at radius 2 is 1.62 bits per heavy atom. The number of amides is 3. The summed E-state index contributed by atoms with van der Waals surface area (Å²) in [6.07, 6.45) is 2.74. The van der Waals surface area contributed by atoms with E-state index in [1.165, 1.54) is 31.7 Å². The predicted molar refractivity (Wildman–Crippen MR) is 151 cm³/mol. The summed E-state index contributed by atoms with van der Waals surface area (Å²) in [5, 5.41) is 27.1. The molecule has 0 radical (unpaired) electrons. The molecule has 9 nitrogen and oxygen atoms in total. The maximum atomic E-state index is 12.4. The van der Waals surface area contributed by atoms with Crippen molar-refractivity contribution in [1.29, 1.82) is 0 Å². The van der Waals surface area contributed by atoms with E-state index in [9.17, 15) is 19.5 Å². The van der Waals surface area contributed by atoms with Gasteiger partial charge in [0.05, 0.1) is 12.6 Å². The molecular formula is C31H38N4O5. The first kappa shape index (κ1) is 29.3. The molecule has 0 heterocycles. The van der Waals surface area contributed by atoms with E-state index in [2.05, 4.69) is 41.6 Å². The molecule has 3 amide bonds. The Balaban J connectivity index is 1.23. The minimum Gasteiger partial charge on any atom is -0.391 e. The van der Waals surface area contributed by atoms with Crippen LogP contribution in [0.1, 0.15) is 61.5 Å². The molecule has 2 aromatic carbocycles. The largest absolute Gasteiger partial charge is 0.391 e. The molecule has 2 bridgehead atoms. The maximum absolute atomic E-state index is 12.4. The fourth-order valence-corrected chi connectivity index (χ4v) is 6.21. The lowest BCUT2D eigenvalue weighted by Crippen LogP contribution is -2.51. The number of benzene rings is 2. The Labute approximate surface area is 235 Å². The molecule has 5 atom stereocenters. The molecule has 2 aliphatic carbocycles. The van der Waals surface area contributed by atoms with Crippen molar-refractivity contribution in [3.8, 4) is 11.8 Å². The van der Waals surface area contributed by atoms with Crippen molar-refractivity contribution < 1.29 is 24.7 Å². The lowest BCUT2D eigenvalue weighted by molar-refractivity contribution is -0.133. The Hall–Kier alpha value is -3.71. The summed E-state index contributed by atoms with van der Waals surface area (Å²) in [6, 6.07) is 12.5. The molecular weight excluding hydrogens is 508 g/mol. The first-order valence-corrected chi connectivity index (χ1v) is 13.7. The molecule has 4 rings (SSSR count). The van der Waals surface area contributed by atoms with Crippen LogP contribution in [0.25, 0.3) is 0 Å². The maximum Gasteiger partial charge on any atom is 0.268 e. The number of aliphatic hydroxyl groups excluding tert-OH is 1. The van der Waals surface area contributed by atoms with Crippen molar-refractivity contribution in [3.05, 3.63) is 65.2 Å². The molecule has 1 unspecified atom stereocenters.